The van der Waals surface area contributed by atoms with Gasteiger partial charge in [0, 0.05) is 31.9 Å². The number of hydrogen-bond acceptors (Lipinski definition) is 8. The first kappa shape index (κ1) is 23.0. The number of ether oxygens (including phenoxy) is 2. The number of aryl methyl sites for hydroxylation is 1. The molecule has 0 bridgehead atoms. The summed E-state index contributed by atoms with van der Waals surface area (Å²) in [5.41, 5.74) is 0.511. The summed E-state index contributed by atoms with van der Waals surface area (Å²) in [6, 6.07) is 7.59. The lowest BCUT2D eigenvalue weighted by molar-refractivity contribution is -0.117. The van der Waals surface area contributed by atoms with Gasteiger partial charge in [0.25, 0.3) is 5.91 Å². The van der Waals surface area contributed by atoms with E-state index in [-0.39, 0.29) is 35.2 Å². The average molecular weight is 443 g/mol. The maximum atomic E-state index is 12.5. The monoisotopic (exact) mass is 443 g/mol. The van der Waals surface area contributed by atoms with Crippen molar-refractivity contribution < 1.29 is 33.1 Å². The summed E-state index contributed by atoms with van der Waals surface area (Å²) >= 11 is 0. The number of methoxy groups -OCH3 is 2. The summed E-state index contributed by atoms with van der Waals surface area (Å²) in [6.45, 7) is 3.86. The van der Waals surface area contributed by atoms with E-state index in [0.717, 1.165) is 0 Å². The summed E-state index contributed by atoms with van der Waals surface area (Å²) in [6.07, 6.45) is 0. The van der Waals surface area contributed by atoms with Crippen molar-refractivity contribution >= 4 is 29.4 Å². The van der Waals surface area contributed by atoms with Gasteiger partial charge < -0.3 is 24.1 Å². The van der Waals surface area contributed by atoms with Crippen molar-refractivity contribution in [3.8, 4) is 0 Å². The van der Waals surface area contributed by atoms with Crippen LogP contribution in [0.5, 0.6) is 0 Å². The number of rotatable bonds is 6. The minimum atomic E-state index is -0.640. The van der Waals surface area contributed by atoms with Crippen molar-refractivity contribution in [1.29, 1.82) is 0 Å². The molecule has 2 heterocycles. The zero-order chi connectivity index (χ0) is 23.3. The molecule has 1 saturated heterocycles. The number of carbonyl (C=O) groups is 4. The quantitative estimate of drug-likeness (QED) is 0.668. The van der Waals surface area contributed by atoms with Crippen LogP contribution in [-0.4, -0.2) is 80.5 Å². The Hall–Kier alpha value is -3.66. The molecule has 3 rings (SSSR count). The van der Waals surface area contributed by atoms with Crippen molar-refractivity contribution in [3.63, 3.8) is 0 Å². The van der Waals surface area contributed by atoms with Gasteiger partial charge in [-0.2, -0.15) is 0 Å². The van der Waals surface area contributed by atoms with Crippen LogP contribution in [-0.2, 0) is 14.3 Å². The third kappa shape index (κ3) is 5.52. The van der Waals surface area contributed by atoms with Gasteiger partial charge in [0.05, 0.1) is 31.9 Å². The number of benzene rings is 1. The highest BCUT2D eigenvalue weighted by Gasteiger charge is 2.25. The molecule has 32 heavy (non-hydrogen) atoms. The van der Waals surface area contributed by atoms with Crippen LogP contribution in [0.3, 0.4) is 0 Å². The van der Waals surface area contributed by atoms with Gasteiger partial charge in [0.15, 0.2) is 5.76 Å². The molecule has 1 fully saturated rings. The van der Waals surface area contributed by atoms with E-state index >= 15 is 0 Å². The van der Waals surface area contributed by atoms with Gasteiger partial charge in [0.2, 0.25) is 5.91 Å². The second kappa shape index (κ2) is 10.1. The van der Waals surface area contributed by atoms with Gasteiger partial charge in [-0.15, -0.1) is 0 Å². The average Bonchev–Trinajstić information content (AvgIpc) is 3.23. The van der Waals surface area contributed by atoms with Gasteiger partial charge >= 0.3 is 11.9 Å². The number of nitrogens with zero attached hydrogens (tertiary/aromatic N) is 2. The number of amides is 2. The summed E-state index contributed by atoms with van der Waals surface area (Å²) in [7, 11) is 2.45. The fourth-order valence-electron chi connectivity index (χ4n) is 3.39. The normalized spacial score (nSPS) is 14.0. The Labute approximate surface area is 185 Å². The molecule has 1 N–H and O–H groups in total. The van der Waals surface area contributed by atoms with Crippen LogP contribution >= 0.6 is 0 Å². The molecule has 0 aliphatic carbocycles. The maximum Gasteiger partial charge on any atom is 0.337 e. The minimum absolute atomic E-state index is 0.0951. The predicted molar refractivity (Wildman–Crippen MR) is 114 cm³/mol. The SMILES string of the molecule is COC(=O)c1cc(NC(=O)CN2CCN(C(=O)c3ccc(C)o3)CC2)cc(C(=O)OC)c1. The van der Waals surface area contributed by atoms with E-state index in [4.69, 9.17) is 13.9 Å². The molecule has 10 heteroatoms. The van der Waals surface area contributed by atoms with Crippen LogP contribution in [0, 0.1) is 6.92 Å². The highest BCUT2D eigenvalue weighted by molar-refractivity contribution is 5.99. The van der Waals surface area contributed by atoms with Gasteiger partial charge in [-0.25, -0.2) is 9.59 Å². The Bertz CT molecular complexity index is 988. The molecule has 2 amide bonds. The van der Waals surface area contributed by atoms with E-state index in [1.165, 1.54) is 32.4 Å². The predicted octanol–water partition coefficient (Wildman–Crippen LogP) is 1.56. The Kier molecular flexibility index (Phi) is 7.26. The zero-order valence-corrected chi connectivity index (χ0v) is 18.2. The molecule has 0 atom stereocenters. The Morgan fingerprint density at radius 2 is 1.53 bits per heavy atom. The molecule has 1 aromatic heterocycles. The number of carbonyl (C=O) groups excluding carboxylic acids is 4. The van der Waals surface area contributed by atoms with E-state index in [9.17, 15) is 19.2 Å². The van der Waals surface area contributed by atoms with Crippen molar-refractivity contribution in [3.05, 3.63) is 53.0 Å². The Morgan fingerprint density at radius 1 is 0.938 bits per heavy atom. The molecule has 2 aromatic rings. The first-order valence-electron chi connectivity index (χ1n) is 10.0. The van der Waals surface area contributed by atoms with E-state index in [0.29, 0.717) is 37.7 Å². The molecule has 10 nitrogen and oxygen atoms in total. The second-order valence-corrected chi connectivity index (χ2v) is 7.31. The second-order valence-electron chi connectivity index (χ2n) is 7.31. The summed E-state index contributed by atoms with van der Waals surface area (Å²) in [5, 5.41) is 2.70. The van der Waals surface area contributed by atoms with Crippen LogP contribution in [0.1, 0.15) is 37.0 Å². The lowest BCUT2D eigenvalue weighted by atomic mass is 10.1. The van der Waals surface area contributed by atoms with Gasteiger partial charge in [-0.3, -0.25) is 14.5 Å². The maximum absolute atomic E-state index is 12.5. The molecular formula is C22H25N3O7. The molecule has 0 unspecified atom stereocenters. The summed E-state index contributed by atoms with van der Waals surface area (Å²) < 4.78 is 14.8. The van der Waals surface area contributed by atoms with Crippen LogP contribution < -0.4 is 5.32 Å². The van der Waals surface area contributed by atoms with E-state index in [1.807, 2.05) is 4.90 Å². The number of piperazine rings is 1. The third-order valence-corrected chi connectivity index (χ3v) is 5.04. The fourth-order valence-corrected chi connectivity index (χ4v) is 3.39. The fraction of sp³-hybridized carbons (Fsp3) is 0.364. The van der Waals surface area contributed by atoms with E-state index in [1.54, 1.807) is 24.0 Å². The first-order chi connectivity index (χ1) is 15.3. The third-order valence-electron chi connectivity index (χ3n) is 5.04. The van der Waals surface area contributed by atoms with Crippen molar-refractivity contribution in [2.75, 3.05) is 52.3 Å². The number of nitrogens with one attached hydrogen (secondary N) is 1. The molecule has 1 aliphatic heterocycles. The van der Waals surface area contributed by atoms with Crippen LogP contribution in [0.15, 0.2) is 34.7 Å². The first-order valence-corrected chi connectivity index (χ1v) is 10.0. The lowest BCUT2D eigenvalue weighted by Crippen LogP contribution is -2.50. The van der Waals surface area contributed by atoms with Crippen molar-refractivity contribution in [2.45, 2.75) is 6.92 Å². The molecule has 1 aromatic carbocycles. The number of esters is 2. The van der Waals surface area contributed by atoms with Gasteiger partial charge in [-0.05, 0) is 37.3 Å². The van der Waals surface area contributed by atoms with Crippen molar-refractivity contribution in [1.82, 2.24) is 9.80 Å². The highest BCUT2D eigenvalue weighted by Crippen LogP contribution is 2.18. The molecular weight excluding hydrogens is 418 g/mol. The molecule has 1 aliphatic rings. The van der Waals surface area contributed by atoms with Crippen LogP contribution in [0.4, 0.5) is 5.69 Å². The Balaban J connectivity index is 1.58. The molecule has 0 saturated carbocycles. The van der Waals surface area contributed by atoms with Crippen molar-refractivity contribution in [2.24, 2.45) is 0 Å². The largest absolute Gasteiger partial charge is 0.465 e. The number of furan rings is 1. The van der Waals surface area contributed by atoms with Gasteiger partial charge in [-0.1, -0.05) is 0 Å². The lowest BCUT2D eigenvalue weighted by Gasteiger charge is -2.33. The smallest absolute Gasteiger partial charge is 0.337 e. The number of anilines is 1. The standard InChI is InChI=1S/C22H25N3O7/c1-14-4-5-18(32-14)20(27)25-8-6-24(7-9-25)13-19(26)23-17-11-15(21(28)30-2)10-16(12-17)22(29)31-3/h4-5,10-12H,6-9,13H2,1-3H3,(H,23,26). The number of hydrogen-bond donors (Lipinski definition) is 1. The molecule has 0 spiro atoms. The molecule has 170 valence electrons. The minimum Gasteiger partial charge on any atom is -0.465 e. The van der Waals surface area contributed by atoms with Gasteiger partial charge in [0.1, 0.15) is 5.76 Å². The van der Waals surface area contributed by atoms with Crippen LogP contribution in [0.2, 0.25) is 0 Å². The zero-order valence-electron chi connectivity index (χ0n) is 18.2. The van der Waals surface area contributed by atoms with Crippen LogP contribution in [0.25, 0.3) is 0 Å². The van der Waals surface area contributed by atoms with E-state index in [2.05, 4.69) is 5.32 Å². The van der Waals surface area contributed by atoms with E-state index < -0.39 is 11.9 Å². The topological polar surface area (TPSA) is 118 Å². The summed E-state index contributed by atoms with van der Waals surface area (Å²) in [5.74, 6) is -0.783. The summed E-state index contributed by atoms with van der Waals surface area (Å²) in [4.78, 5) is 52.4. The Morgan fingerprint density at radius 3 is 2.03 bits per heavy atom. The highest BCUT2D eigenvalue weighted by atomic mass is 16.5. The molecule has 0 radical (unpaired) electrons.